The molecule has 100 valence electrons. The minimum Gasteiger partial charge on any atom is -0.494 e. The molecular weight excluding hydrogens is 249 g/mol. The first-order valence-corrected chi connectivity index (χ1v) is 6.19. The quantitative estimate of drug-likeness (QED) is 0.909. The van der Waals surface area contributed by atoms with E-state index in [4.69, 9.17) is 9.84 Å². The van der Waals surface area contributed by atoms with Gasteiger partial charge in [-0.1, -0.05) is 0 Å². The number of methoxy groups -OCH3 is 1. The van der Waals surface area contributed by atoms with Crippen molar-refractivity contribution in [3.63, 3.8) is 0 Å². The molecule has 0 spiro atoms. The molecule has 0 radical (unpaired) electrons. The van der Waals surface area contributed by atoms with Crippen molar-refractivity contribution in [2.45, 2.75) is 25.3 Å². The zero-order valence-electron chi connectivity index (χ0n) is 10.5. The van der Waals surface area contributed by atoms with Crippen molar-refractivity contribution in [3.8, 4) is 5.75 Å². The lowest BCUT2D eigenvalue weighted by Crippen LogP contribution is -2.27. The zero-order valence-corrected chi connectivity index (χ0v) is 10.5. The molecule has 1 aliphatic heterocycles. The van der Waals surface area contributed by atoms with Gasteiger partial charge in [0.1, 0.15) is 11.6 Å². The number of ether oxygens (including phenoxy) is 1. The van der Waals surface area contributed by atoms with Crippen molar-refractivity contribution < 1.29 is 19.0 Å². The first-order chi connectivity index (χ1) is 9.10. The van der Waals surface area contributed by atoms with Crippen molar-refractivity contribution in [3.05, 3.63) is 35.3 Å². The molecular formula is C14H14FNO3. The number of carbonyl (C=O) groups is 1. The van der Waals surface area contributed by atoms with Gasteiger partial charge in [-0.15, -0.1) is 0 Å². The lowest BCUT2D eigenvalue weighted by molar-refractivity contribution is -0.132. The van der Waals surface area contributed by atoms with Gasteiger partial charge in [0, 0.05) is 24.7 Å². The van der Waals surface area contributed by atoms with E-state index in [0.29, 0.717) is 17.4 Å². The normalized spacial score (nSPS) is 17.8. The maximum Gasteiger partial charge on any atom is 0.333 e. The van der Waals surface area contributed by atoms with Crippen LogP contribution in [0.1, 0.15) is 18.4 Å². The summed E-state index contributed by atoms with van der Waals surface area (Å²) in [5.74, 6) is -0.903. The maximum atomic E-state index is 13.5. The van der Waals surface area contributed by atoms with Crippen molar-refractivity contribution in [2.24, 2.45) is 0 Å². The molecule has 4 nitrogen and oxygen atoms in total. The molecule has 1 heterocycles. The summed E-state index contributed by atoms with van der Waals surface area (Å²) in [6.45, 7) is 0. The van der Waals surface area contributed by atoms with Crippen LogP contribution in [-0.4, -0.2) is 24.2 Å². The van der Waals surface area contributed by atoms with Crippen LogP contribution in [-0.2, 0) is 11.2 Å². The Balaban J connectivity index is 2.13. The molecule has 0 unspecified atom stereocenters. The van der Waals surface area contributed by atoms with Gasteiger partial charge >= 0.3 is 5.97 Å². The van der Waals surface area contributed by atoms with Gasteiger partial charge in [-0.2, -0.15) is 0 Å². The molecule has 1 N–H and O–H groups in total. The smallest absolute Gasteiger partial charge is 0.333 e. The number of benzene rings is 1. The SMILES string of the molecule is COc1cc(F)cc2c1N(C1CC1)C=C(C(=O)O)C2. The molecule has 0 atom stereocenters. The van der Waals surface area contributed by atoms with Gasteiger partial charge in [-0.05, 0) is 24.5 Å². The van der Waals surface area contributed by atoms with Crippen LogP contribution in [0.25, 0.3) is 0 Å². The third-order valence-corrected chi connectivity index (χ3v) is 3.49. The molecule has 1 aliphatic carbocycles. The number of anilines is 1. The van der Waals surface area contributed by atoms with Gasteiger partial charge in [0.2, 0.25) is 0 Å². The molecule has 0 amide bonds. The summed E-state index contributed by atoms with van der Waals surface area (Å²) in [7, 11) is 1.50. The minimum absolute atomic E-state index is 0.224. The maximum absolute atomic E-state index is 13.5. The van der Waals surface area contributed by atoms with Gasteiger partial charge in [-0.25, -0.2) is 9.18 Å². The Morgan fingerprint density at radius 3 is 2.79 bits per heavy atom. The monoisotopic (exact) mass is 263 g/mol. The number of aliphatic carboxylic acids is 1. The number of hydrogen-bond acceptors (Lipinski definition) is 3. The summed E-state index contributed by atoms with van der Waals surface area (Å²) >= 11 is 0. The Morgan fingerprint density at radius 2 is 2.21 bits per heavy atom. The Bertz CT molecular complexity index is 578. The number of fused-ring (bicyclic) bond motifs is 1. The summed E-state index contributed by atoms with van der Waals surface area (Å²) in [6, 6.07) is 3.03. The third kappa shape index (κ3) is 2.05. The van der Waals surface area contributed by atoms with E-state index in [2.05, 4.69) is 0 Å². The fourth-order valence-electron chi connectivity index (χ4n) is 2.47. The van der Waals surface area contributed by atoms with E-state index in [1.165, 1.54) is 19.2 Å². The Hall–Kier alpha value is -2.04. The van der Waals surface area contributed by atoms with E-state index in [9.17, 15) is 9.18 Å². The number of carboxylic acid groups (broad SMARTS) is 1. The average molecular weight is 263 g/mol. The molecule has 19 heavy (non-hydrogen) atoms. The fourth-order valence-corrected chi connectivity index (χ4v) is 2.47. The second-order valence-corrected chi connectivity index (χ2v) is 4.89. The van der Waals surface area contributed by atoms with Gasteiger partial charge in [-0.3, -0.25) is 0 Å². The number of hydrogen-bond donors (Lipinski definition) is 1. The molecule has 1 saturated carbocycles. The Labute approximate surface area is 110 Å². The summed E-state index contributed by atoms with van der Waals surface area (Å²) < 4.78 is 18.8. The predicted octanol–water partition coefficient (Wildman–Crippen LogP) is 2.33. The van der Waals surface area contributed by atoms with Gasteiger partial charge in [0.25, 0.3) is 0 Å². The summed E-state index contributed by atoms with van der Waals surface area (Å²) in [5, 5.41) is 9.16. The summed E-state index contributed by atoms with van der Waals surface area (Å²) in [6.07, 6.45) is 3.91. The molecule has 1 fully saturated rings. The highest BCUT2D eigenvalue weighted by Gasteiger charge is 2.35. The third-order valence-electron chi connectivity index (χ3n) is 3.49. The lowest BCUT2D eigenvalue weighted by atomic mass is 9.98. The van der Waals surface area contributed by atoms with E-state index in [1.54, 1.807) is 6.20 Å². The molecule has 0 saturated heterocycles. The zero-order chi connectivity index (χ0) is 13.6. The van der Waals surface area contributed by atoms with Crippen molar-refractivity contribution in [2.75, 3.05) is 12.0 Å². The first-order valence-electron chi connectivity index (χ1n) is 6.19. The highest BCUT2D eigenvalue weighted by atomic mass is 19.1. The van der Waals surface area contributed by atoms with E-state index >= 15 is 0 Å². The van der Waals surface area contributed by atoms with Crippen LogP contribution in [0.3, 0.4) is 0 Å². The molecule has 0 bridgehead atoms. The van der Waals surface area contributed by atoms with Crippen LogP contribution >= 0.6 is 0 Å². The van der Waals surface area contributed by atoms with Crippen molar-refractivity contribution in [1.29, 1.82) is 0 Å². The lowest BCUT2D eigenvalue weighted by Gasteiger charge is -2.30. The van der Waals surface area contributed by atoms with Crippen LogP contribution < -0.4 is 9.64 Å². The van der Waals surface area contributed by atoms with Crippen LogP contribution in [0.5, 0.6) is 5.75 Å². The fraction of sp³-hybridized carbons (Fsp3) is 0.357. The van der Waals surface area contributed by atoms with E-state index in [-0.39, 0.29) is 12.0 Å². The van der Waals surface area contributed by atoms with E-state index < -0.39 is 11.8 Å². The number of rotatable bonds is 3. The molecule has 5 heteroatoms. The summed E-state index contributed by atoms with van der Waals surface area (Å²) in [5.41, 5.74) is 1.76. The van der Waals surface area contributed by atoms with Crippen molar-refractivity contribution >= 4 is 11.7 Å². The largest absolute Gasteiger partial charge is 0.494 e. The van der Waals surface area contributed by atoms with E-state index in [1.807, 2.05) is 4.90 Å². The van der Waals surface area contributed by atoms with Gasteiger partial charge in [0.05, 0.1) is 18.4 Å². The molecule has 0 aromatic heterocycles. The molecule has 1 aromatic carbocycles. The van der Waals surface area contributed by atoms with Crippen LogP contribution in [0.4, 0.5) is 10.1 Å². The molecule has 2 aliphatic rings. The topological polar surface area (TPSA) is 49.8 Å². The number of carboxylic acids is 1. The van der Waals surface area contributed by atoms with Crippen LogP contribution in [0.15, 0.2) is 23.9 Å². The first kappa shape index (κ1) is 12.0. The summed E-state index contributed by atoms with van der Waals surface area (Å²) in [4.78, 5) is 13.1. The van der Waals surface area contributed by atoms with Crippen molar-refractivity contribution in [1.82, 2.24) is 0 Å². The van der Waals surface area contributed by atoms with E-state index in [0.717, 1.165) is 18.5 Å². The molecule has 3 rings (SSSR count). The predicted molar refractivity (Wildman–Crippen MR) is 67.9 cm³/mol. The number of nitrogens with zero attached hydrogens (tertiary/aromatic N) is 1. The average Bonchev–Trinajstić information content (AvgIpc) is 3.20. The van der Waals surface area contributed by atoms with Gasteiger partial charge < -0.3 is 14.7 Å². The van der Waals surface area contributed by atoms with Crippen LogP contribution in [0.2, 0.25) is 0 Å². The second-order valence-electron chi connectivity index (χ2n) is 4.89. The highest BCUT2D eigenvalue weighted by Crippen LogP contribution is 2.43. The number of halogens is 1. The Morgan fingerprint density at radius 1 is 1.47 bits per heavy atom. The second kappa shape index (κ2) is 4.26. The van der Waals surface area contributed by atoms with Crippen LogP contribution in [0, 0.1) is 5.82 Å². The molecule has 1 aromatic rings. The minimum atomic E-state index is -0.959. The standard InChI is InChI=1S/C14H14FNO3/c1-19-12-6-10(15)5-8-4-9(14(17)18)7-16(13(8)12)11-2-3-11/h5-7,11H,2-4H2,1H3,(H,17,18). The van der Waals surface area contributed by atoms with Gasteiger partial charge in [0.15, 0.2) is 0 Å². The highest BCUT2D eigenvalue weighted by molar-refractivity contribution is 5.90. The Kier molecular flexibility index (Phi) is 2.69.